The van der Waals surface area contributed by atoms with Crippen molar-refractivity contribution in [2.24, 2.45) is 0 Å². The number of piperidine rings is 1. The van der Waals surface area contributed by atoms with Crippen molar-refractivity contribution in [1.29, 1.82) is 0 Å². The molecule has 1 amide bonds. The predicted octanol–water partition coefficient (Wildman–Crippen LogP) is 0.533. The third kappa shape index (κ3) is 1.63. The van der Waals surface area contributed by atoms with Crippen LogP contribution in [0.4, 0.5) is 4.79 Å². The van der Waals surface area contributed by atoms with Gasteiger partial charge in [-0.15, -0.1) is 0 Å². The molecule has 0 aromatic rings. The highest BCUT2D eigenvalue weighted by molar-refractivity contribution is 5.68. The minimum atomic E-state index is -0.159. The van der Waals surface area contributed by atoms with Gasteiger partial charge in [-0.1, -0.05) is 0 Å². The standard InChI is InChI=1S/C9H16N2O2/c1-13-9(12)11-7-6-10-4-2-8(11)3-5-10/h8H,2-7H2,1H3. The third-order valence-corrected chi connectivity index (χ3v) is 3.06. The molecular weight excluding hydrogens is 168 g/mol. The molecule has 4 nitrogen and oxygen atoms in total. The fraction of sp³-hybridized carbons (Fsp3) is 0.889. The Morgan fingerprint density at radius 2 is 1.92 bits per heavy atom. The van der Waals surface area contributed by atoms with E-state index < -0.39 is 0 Å². The molecule has 13 heavy (non-hydrogen) atoms. The number of hydrogen-bond acceptors (Lipinski definition) is 3. The highest BCUT2D eigenvalue weighted by atomic mass is 16.5. The highest BCUT2D eigenvalue weighted by Crippen LogP contribution is 2.20. The first-order chi connectivity index (χ1) is 6.31. The molecule has 3 aliphatic rings. The van der Waals surface area contributed by atoms with Crippen LogP contribution >= 0.6 is 0 Å². The Morgan fingerprint density at radius 3 is 2.54 bits per heavy atom. The molecule has 0 spiro atoms. The molecule has 0 radical (unpaired) electrons. The molecule has 3 rings (SSSR count). The largest absolute Gasteiger partial charge is 0.453 e. The van der Waals surface area contributed by atoms with E-state index in [0.29, 0.717) is 6.04 Å². The second kappa shape index (κ2) is 3.54. The normalized spacial score (nSPS) is 32.8. The summed E-state index contributed by atoms with van der Waals surface area (Å²) in [5.74, 6) is 0. The van der Waals surface area contributed by atoms with E-state index >= 15 is 0 Å². The SMILES string of the molecule is COC(=O)N1CCN2CCC1CC2. The summed E-state index contributed by atoms with van der Waals surface area (Å²) >= 11 is 0. The van der Waals surface area contributed by atoms with Gasteiger partial charge in [0.25, 0.3) is 0 Å². The average Bonchev–Trinajstić information content (AvgIpc) is 2.49. The topological polar surface area (TPSA) is 32.8 Å². The van der Waals surface area contributed by atoms with Crippen molar-refractivity contribution in [3.8, 4) is 0 Å². The summed E-state index contributed by atoms with van der Waals surface area (Å²) in [5.41, 5.74) is 0. The average molecular weight is 184 g/mol. The Hall–Kier alpha value is -0.770. The van der Waals surface area contributed by atoms with Gasteiger partial charge in [0.15, 0.2) is 0 Å². The van der Waals surface area contributed by atoms with Crippen LogP contribution in [0, 0.1) is 0 Å². The fourth-order valence-corrected chi connectivity index (χ4v) is 2.24. The van der Waals surface area contributed by atoms with Crippen LogP contribution < -0.4 is 0 Å². The first-order valence-electron chi connectivity index (χ1n) is 4.88. The number of rotatable bonds is 0. The van der Waals surface area contributed by atoms with Crippen LogP contribution in [-0.4, -0.2) is 55.2 Å². The van der Waals surface area contributed by atoms with Crippen LogP contribution in [0.3, 0.4) is 0 Å². The molecule has 4 heteroatoms. The van der Waals surface area contributed by atoms with E-state index in [1.54, 1.807) is 0 Å². The summed E-state index contributed by atoms with van der Waals surface area (Å²) in [6.07, 6.45) is 2.05. The minimum absolute atomic E-state index is 0.159. The van der Waals surface area contributed by atoms with Crippen LogP contribution in [0.1, 0.15) is 12.8 Å². The molecule has 2 bridgehead atoms. The number of hydrogen-bond donors (Lipinski definition) is 0. The van der Waals surface area contributed by atoms with Gasteiger partial charge in [-0.2, -0.15) is 0 Å². The summed E-state index contributed by atoms with van der Waals surface area (Å²) in [5, 5.41) is 0. The molecule has 3 saturated heterocycles. The number of amides is 1. The fourth-order valence-electron chi connectivity index (χ4n) is 2.24. The van der Waals surface area contributed by atoms with Crippen molar-refractivity contribution in [2.75, 3.05) is 33.3 Å². The Labute approximate surface area is 78.4 Å². The van der Waals surface area contributed by atoms with Gasteiger partial charge in [0.05, 0.1) is 7.11 Å². The van der Waals surface area contributed by atoms with Gasteiger partial charge in [0, 0.05) is 32.2 Å². The molecule has 0 aromatic carbocycles. The van der Waals surface area contributed by atoms with E-state index in [2.05, 4.69) is 4.90 Å². The lowest BCUT2D eigenvalue weighted by molar-refractivity contribution is 0.105. The van der Waals surface area contributed by atoms with E-state index in [0.717, 1.165) is 39.0 Å². The van der Waals surface area contributed by atoms with E-state index in [-0.39, 0.29) is 6.09 Å². The summed E-state index contributed by atoms with van der Waals surface area (Å²) < 4.78 is 4.76. The van der Waals surface area contributed by atoms with Gasteiger partial charge in [0.1, 0.15) is 0 Å². The van der Waals surface area contributed by atoms with Gasteiger partial charge in [0.2, 0.25) is 0 Å². The van der Waals surface area contributed by atoms with Crippen LogP contribution in [0.25, 0.3) is 0 Å². The Balaban J connectivity index is 2.06. The van der Waals surface area contributed by atoms with Gasteiger partial charge in [-0.3, -0.25) is 0 Å². The molecule has 0 aliphatic carbocycles. The van der Waals surface area contributed by atoms with E-state index in [9.17, 15) is 4.79 Å². The van der Waals surface area contributed by atoms with Crippen molar-refractivity contribution in [3.63, 3.8) is 0 Å². The monoisotopic (exact) mass is 184 g/mol. The van der Waals surface area contributed by atoms with Gasteiger partial charge in [-0.05, 0) is 12.8 Å². The number of carbonyl (C=O) groups is 1. The van der Waals surface area contributed by atoms with Gasteiger partial charge >= 0.3 is 6.09 Å². The number of fused-ring (bicyclic) bond motifs is 4. The molecular formula is C9H16N2O2. The zero-order valence-electron chi connectivity index (χ0n) is 8.03. The summed E-state index contributed by atoms with van der Waals surface area (Å²) in [6.45, 7) is 4.11. The molecule has 3 fully saturated rings. The first kappa shape index (κ1) is 8.81. The molecule has 74 valence electrons. The zero-order valence-corrected chi connectivity index (χ0v) is 8.03. The van der Waals surface area contributed by atoms with Crippen LogP contribution in [0.15, 0.2) is 0 Å². The molecule has 0 N–H and O–H groups in total. The summed E-state index contributed by atoms with van der Waals surface area (Å²) in [7, 11) is 1.46. The van der Waals surface area contributed by atoms with Crippen LogP contribution in [0.2, 0.25) is 0 Å². The maximum absolute atomic E-state index is 11.4. The van der Waals surface area contributed by atoms with Gasteiger partial charge in [-0.25, -0.2) is 4.79 Å². The van der Waals surface area contributed by atoms with Crippen molar-refractivity contribution in [2.45, 2.75) is 18.9 Å². The van der Waals surface area contributed by atoms with Gasteiger partial charge < -0.3 is 14.5 Å². The number of carbonyl (C=O) groups excluding carboxylic acids is 1. The molecule has 3 aliphatic heterocycles. The minimum Gasteiger partial charge on any atom is -0.453 e. The first-order valence-corrected chi connectivity index (χ1v) is 4.88. The quantitative estimate of drug-likeness (QED) is 0.550. The predicted molar refractivity (Wildman–Crippen MR) is 48.6 cm³/mol. The molecule has 0 atom stereocenters. The molecule has 0 aromatic heterocycles. The van der Waals surface area contributed by atoms with Crippen molar-refractivity contribution in [3.05, 3.63) is 0 Å². The smallest absolute Gasteiger partial charge is 0.409 e. The van der Waals surface area contributed by atoms with Crippen molar-refractivity contribution in [1.82, 2.24) is 9.80 Å². The Kier molecular flexibility index (Phi) is 2.40. The maximum Gasteiger partial charge on any atom is 0.409 e. The van der Waals surface area contributed by atoms with Crippen LogP contribution in [0.5, 0.6) is 0 Å². The highest BCUT2D eigenvalue weighted by Gasteiger charge is 2.32. The lowest BCUT2D eigenvalue weighted by atomic mass is 10.1. The zero-order chi connectivity index (χ0) is 9.26. The molecule has 3 heterocycles. The van der Waals surface area contributed by atoms with Crippen molar-refractivity contribution >= 4 is 6.09 Å². The molecule has 0 unspecified atom stereocenters. The third-order valence-electron chi connectivity index (χ3n) is 3.06. The lowest BCUT2D eigenvalue weighted by Gasteiger charge is -2.30. The Bertz CT molecular complexity index is 200. The van der Waals surface area contributed by atoms with E-state index in [4.69, 9.17) is 4.74 Å². The second-order valence-electron chi connectivity index (χ2n) is 3.74. The second-order valence-corrected chi connectivity index (χ2v) is 3.74. The van der Waals surface area contributed by atoms with Crippen LogP contribution in [-0.2, 0) is 4.74 Å². The van der Waals surface area contributed by atoms with Crippen molar-refractivity contribution < 1.29 is 9.53 Å². The number of methoxy groups -OCH3 is 1. The van der Waals surface area contributed by atoms with E-state index in [1.807, 2.05) is 4.90 Å². The lowest BCUT2D eigenvalue weighted by Crippen LogP contribution is -2.41. The number of nitrogens with zero attached hydrogens (tertiary/aromatic N) is 2. The maximum atomic E-state index is 11.4. The summed E-state index contributed by atoms with van der Waals surface area (Å²) in [4.78, 5) is 15.7. The van der Waals surface area contributed by atoms with E-state index in [1.165, 1.54) is 7.11 Å². The molecule has 0 saturated carbocycles. The number of ether oxygens (including phenoxy) is 1. The summed E-state index contributed by atoms with van der Waals surface area (Å²) in [6, 6.07) is 0.422. The Morgan fingerprint density at radius 1 is 1.23 bits per heavy atom.